The number of aryl methyl sites for hydroxylation is 4. The lowest BCUT2D eigenvalue weighted by atomic mass is 10.2. The molecule has 0 aliphatic heterocycles. The van der Waals surface area contributed by atoms with Gasteiger partial charge in [-0.25, -0.2) is 9.50 Å². The van der Waals surface area contributed by atoms with Gasteiger partial charge in [-0.2, -0.15) is 10.2 Å². The first kappa shape index (κ1) is 13.4. The van der Waals surface area contributed by atoms with Gasteiger partial charge >= 0.3 is 0 Å². The van der Waals surface area contributed by atoms with Gasteiger partial charge in [0.2, 0.25) is 0 Å². The van der Waals surface area contributed by atoms with Gasteiger partial charge in [-0.3, -0.25) is 4.68 Å². The van der Waals surface area contributed by atoms with Crippen molar-refractivity contribution in [3.8, 4) is 0 Å². The number of halogens is 2. The Balaban J connectivity index is 1.89. The third-order valence-electron chi connectivity index (χ3n) is 3.16. The topological polar surface area (TPSA) is 48.0 Å². The predicted molar refractivity (Wildman–Crippen MR) is 78.4 cm³/mol. The van der Waals surface area contributed by atoms with Crippen molar-refractivity contribution in [2.75, 3.05) is 0 Å². The number of pyridine rings is 1. The molecule has 0 aromatic carbocycles. The van der Waals surface area contributed by atoms with Gasteiger partial charge in [-0.1, -0.05) is 23.2 Å². The second-order valence-electron chi connectivity index (χ2n) is 4.67. The largest absolute Gasteiger partial charge is 0.276 e. The first-order chi connectivity index (χ1) is 9.54. The van der Waals surface area contributed by atoms with Crippen LogP contribution in [0, 0.1) is 6.92 Å². The molecule has 0 saturated carbocycles. The van der Waals surface area contributed by atoms with Crippen LogP contribution in [0.4, 0.5) is 0 Å². The van der Waals surface area contributed by atoms with Crippen molar-refractivity contribution in [3.63, 3.8) is 0 Å². The van der Waals surface area contributed by atoms with Gasteiger partial charge < -0.3 is 0 Å². The molecule has 0 aliphatic carbocycles. The average molecular weight is 310 g/mol. The number of hydrogen-bond donors (Lipinski definition) is 0. The number of hydrogen-bond acceptors (Lipinski definition) is 3. The van der Waals surface area contributed by atoms with E-state index in [1.54, 1.807) is 15.3 Å². The smallest absolute Gasteiger partial charge is 0.174 e. The number of nitrogens with zero attached hydrogens (tertiary/aromatic N) is 5. The second kappa shape index (κ2) is 5.07. The Morgan fingerprint density at radius 1 is 1.15 bits per heavy atom. The monoisotopic (exact) mass is 309 g/mol. The molecular formula is C13H13Cl2N5. The summed E-state index contributed by atoms with van der Waals surface area (Å²) < 4.78 is 3.48. The van der Waals surface area contributed by atoms with E-state index in [-0.39, 0.29) is 0 Å². The molecule has 3 aromatic heterocycles. The zero-order valence-corrected chi connectivity index (χ0v) is 12.7. The maximum absolute atomic E-state index is 6.14. The maximum atomic E-state index is 6.14. The summed E-state index contributed by atoms with van der Waals surface area (Å²) in [6.07, 6.45) is 3.43. The standard InChI is InChI=1S/C13H13Cl2N5/c1-8-10(14)7-11(15)13-16-12(18-20(8)13)4-3-9-5-6-19(2)17-9/h5-7H,3-4H2,1-2H3. The lowest BCUT2D eigenvalue weighted by molar-refractivity contribution is 0.728. The van der Waals surface area contributed by atoms with Crippen LogP contribution in [0.15, 0.2) is 18.3 Å². The van der Waals surface area contributed by atoms with Gasteiger partial charge in [0.25, 0.3) is 0 Å². The third kappa shape index (κ3) is 2.39. The number of aromatic nitrogens is 5. The van der Waals surface area contributed by atoms with E-state index in [9.17, 15) is 0 Å². The van der Waals surface area contributed by atoms with Crippen LogP contribution in [-0.4, -0.2) is 24.4 Å². The summed E-state index contributed by atoms with van der Waals surface area (Å²) in [5.41, 5.74) is 2.50. The summed E-state index contributed by atoms with van der Waals surface area (Å²) >= 11 is 12.2. The van der Waals surface area contributed by atoms with Crippen molar-refractivity contribution in [2.45, 2.75) is 19.8 Å². The lowest BCUT2D eigenvalue weighted by Crippen LogP contribution is -1.98. The van der Waals surface area contributed by atoms with Gasteiger partial charge in [0.15, 0.2) is 11.5 Å². The molecule has 0 bridgehead atoms. The van der Waals surface area contributed by atoms with Crippen molar-refractivity contribution >= 4 is 28.8 Å². The Labute approximate surface area is 126 Å². The van der Waals surface area contributed by atoms with Crippen LogP contribution in [0.1, 0.15) is 17.2 Å². The zero-order chi connectivity index (χ0) is 14.3. The summed E-state index contributed by atoms with van der Waals surface area (Å²) in [5, 5.41) is 9.89. The van der Waals surface area contributed by atoms with Crippen LogP contribution < -0.4 is 0 Å². The van der Waals surface area contributed by atoms with Crippen molar-refractivity contribution < 1.29 is 0 Å². The average Bonchev–Trinajstić information content (AvgIpc) is 3.00. The quantitative estimate of drug-likeness (QED) is 0.747. The molecule has 3 rings (SSSR count). The third-order valence-corrected chi connectivity index (χ3v) is 3.82. The molecule has 0 atom stereocenters. The Morgan fingerprint density at radius 3 is 2.65 bits per heavy atom. The predicted octanol–water partition coefficient (Wildman–Crippen LogP) is 2.86. The second-order valence-corrected chi connectivity index (χ2v) is 5.48. The Kier molecular flexibility index (Phi) is 3.40. The number of rotatable bonds is 3. The molecular weight excluding hydrogens is 297 g/mol. The van der Waals surface area contributed by atoms with Crippen LogP contribution in [-0.2, 0) is 19.9 Å². The fourth-order valence-electron chi connectivity index (χ4n) is 2.07. The van der Waals surface area contributed by atoms with Crippen LogP contribution in [0.5, 0.6) is 0 Å². The fourth-order valence-corrected chi connectivity index (χ4v) is 2.54. The molecule has 5 nitrogen and oxygen atoms in total. The van der Waals surface area contributed by atoms with Crippen molar-refractivity contribution in [2.24, 2.45) is 7.05 Å². The van der Waals surface area contributed by atoms with Crippen molar-refractivity contribution in [3.05, 3.63) is 45.6 Å². The molecule has 0 spiro atoms. The summed E-state index contributed by atoms with van der Waals surface area (Å²) in [6.45, 7) is 1.89. The Bertz CT molecular complexity index is 775. The first-order valence-electron chi connectivity index (χ1n) is 6.23. The van der Waals surface area contributed by atoms with Gasteiger partial charge in [0, 0.05) is 19.7 Å². The van der Waals surface area contributed by atoms with Gasteiger partial charge in [0.1, 0.15) is 0 Å². The molecule has 20 heavy (non-hydrogen) atoms. The van der Waals surface area contributed by atoms with Crippen LogP contribution >= 0.6 is 23.2 Å². The molecule has 3 aromatic rings. The van der Waals surface area contributed by atoms with Gasteiger partial charge in [-0.05, 0) is 25.5 Å². The first-order valence-corrected chi connectivity index (χ1v) is 6.99. The normalized spacial score (nSPS) is 11.4. The highest BCUT2D eigenvalue weighted by molar-refractivity contribution is 6.36. The molecule has 7 heteroatoms. The van der Waals surface area contributed by atoms with E-state index in [0.717, 1.165) is 23.6 Å². The van der Waals surface area contributed by atoms with Crippen molar-refractivity contribution in [1.82, 2.24) is 24.4 Å². The van der Waals surface area contributed by atoms with E-state index in [2.05, 4.69) is 15.2 Å². The minimum Gasteiger partial charge on any atom is -0.276 e. The number of fused-ring (bicyclic) bond motifs is 1. The molecule has 0 saturated heterocycles. The van der Waals surface area contributed by atoms with Crippen LogP contribution in [0.3, 0.4) is 0 Å². The van der Waals surface area contributed by atoms with E-state index in [0.29, 0.717) is 22.1 Å². The lowest BCUT2D eigenvalue weighted by Gasteiger charge is -2.01. The zero-order valence-electron chi connectivity index (χ0n) is 11.1. The highest BCUT2D eigenvalue weighted by Crippen LogP contribution is 2.24. The highest BCUT2D eigenvalue weighted by Gasteiger charge is 2.12. The van der Waals surface area contributed by atoms with Gasteiger partial charge in [0.05, 0.1) is 21.4 Å². The highest BCUT2D eigenvalue weighted by atomic mass is 35.5. The molecule has 0 radical (unpaired) electrons. The van der Waals surface area contributed by atoms with E-state index < -0.39 is 0 Å². The summed E-state index contributed by atoms with van der Waals surface area (Å²) in [4.78, 5) is 4.46. The minimum absolute atomic E-state index is 0.511. The van der Waals surface area contributed by atoms with E-state index in [1.165, 1.54) is 0 Å². The van der Waals surface area contributed by atoms with Crippen LogP contribution in [0.25, 0.3) is 5.65 Å². The summed E-state index contributed by atoms with van der Waals surface area (Å²) in [7, 11) is 1.90. The van der Waals surface area contributed by atoms with E-state index in [1.807, 2.05) is 26.2 Å². The van der Waals surface area contributed by atoms with E-state index >= 15 is 0 Å². The van der Waals surface area contributed by atoms with E-state index in [4.69, 9.17) is 23.2 Å². The maximum Gasteiger partial charge on any atom is 0.174 e. The minimum atomic E-state index is 0.511. The molecule has 0 fully saturated rings. The molecule has 0 amide bonds. The van der Waals surface area contributed by atoms with Gasteiger partial charge in [-0.15, -0.1) is 0 Å². The molecule has 0 unspecified atom stereocenters. The molecule has 3 heterocycles. The molecule has 0 N–H and O–H groups in total. The van der Waals surface area contributed by atoms with Crippen LogP contribution in [0.2, 0.25) is 10.0 Å². The molecule has 0 aliphatic rings. The Morgan fingerprint density at radius 2 is 1.95 bits per heavy atom. The fraction of sp³-hybridized carbons (Fsp3) is 0.308. The SMILES string of the molecule is Cc1c(Cl)cc(Cl)c2nc(CCc3ccn(C)n3)nn12. The van der Waals surface area contributed by atoms with Crippen molar-refractivity contribution in [1.29, 1.82) is 0 Å². The Hall–Kier alpha value is -1.59. The summed E-state index contributed by atoms with van der Waals surface area (Å²) in [5.74, 6) is 0.739. The summed E-state index contributed by atoms with van der Waals surface area (Å²) in [6, 6.07) is 3.69. The molecule has 104 valence electrons.